The van der Waals surface area contributed by atoms with E-state index in [0.29, 0.717) is 17.2 Å². The van der Waals surface area contributed by atoms with E-state index in [1.807, 2.05) is 95.3 Å². The van der Waals surface area contributed by atoms with E-state index < -0.39 is 0 Å². The van der Waals surface area contributed by atoms with Gasteiger partial charge in [-0.15, -0.1) is 0 Å². The Bertz CT molecular complexity index is 1550. The van der Waals surface area contributed by atoms with Gasteiger partial charge in [0.05, 0.1) is 17.4 Å². The summed E-state index contributed by atoms with van der Waals surface area (Å²) >= 11 is 0. The number of amides is 1. The first-order valence-corrected chi connectivity index (χ1v) is 13.4. The molecule has 2 aromatic carbocycles. The highest BCUT2D eigenvalue weighted by atomic mass is 16.1. The van der Waals surface area contributed by atoms with Crippen molar-refractivity contribution in [1.29, 1.82) is 0 Å². The van der Waals surface area contributed by atoms with Gasteiger partial charge in [-0.1, -0.05) is 44.2 Å². The fraction of sp³-hybridized carbons (Fsp3) is 0.156. The van der Waals surface area contributed by atoms with Crippen LogP contribution in [0.5, 0.6) is 0 Å². The molecule has 0 aliphatic carbocycles. The van der Waals surface area contributed by atoms with Crippen LogP contribution in [0.25, 0.3) is 10.9 Å². The lowest BCUT2D eigenvalue weighted by molar-refractivity contribution is 0.102. The summed E-state index contributed by atoms with van der Waals surface area (Å²) < 4.78 is 0. The molecule has 210 valence electrons. The number of hydrogen-bond acceptors (Lipinski definition) is 8. The first-order valence-electron chi connectivity index (χ1n) is 13.4. The number of anilines is 6. The van der Waals surface area contributed by atoms with Crippen LogP contribution in [0.2, 0.25) is 0 Å². The second kappa shape index (κ2) is 15.3. The lowest BCUT2D eigenvalue weighted by Crippen LogP contribution is -2.13. The molecule has 41 heavy (non-hydrogen) atoms. The molecule has 0 aliphatic heterocycles. The van der Waals surface area contributed by atoms with Gasteiger partial charge in [0.25, 0.3) is 5.91 Å². The van der Waals surface area contributed by atoms with Crippen molar-refractivity contribution in [3.05, 3.63) is 109 Å². The number of nitrogens with zero attached hydrogens (tertiary/aromatic N) is 4. The van der Waals surface area contributed by atoms with Crippen molar-refractivity contribution in [2.24, 2.45) is 0 Å². The van der Waals surface area contributed by atoms with Crippen LogP contribution in [0, 0.1) is 6.92 Å². The average molecular weight is 549 g/mol. The lowest BCUT2D eigenvalue weighted by Gasteiger charge is -2.10. The normalized spacial score (nSPS) is 10.2. The Balaban J connectivity index is 0.000000710. The molecule has 0 radical (unpaired) electrons. The Morgan fingerprint density at radius 2 is 1.49 bits per heavy atom. The molecular weight excluding hydrogens is 512 g/mol. The number of allylic oxidation sites excluding steroid dienone is 2. The van der Waals surface area contributed by atoms with Gasteiger partial charge in [-0.2, -0.15) is 4.98 Å². The van der Waals surface area contributed by atoms with Crippen molar-refractivity contribution in [1.82, 2.24) is 19.9 Å². The van der Waals surface area contributed by atoms with Crippen molar-refractivity contribution in [2.45, 2.75) is 34.6 Å². The Morgan fingerprint density at radius 1 is 0.805 bits per heavy atom. The standard InChI is InChI=1S/C26H22N8O.C4H8.C2H6/c1-16-14-24(34-26(27)30-16)32-17-6-8-18(9-7-17)33-25(35)23-11-10-19(15-29-23)31-22-12-13-28-21-5-3-2-4-20(21)22;1-3-4-2;1-2/h2-15H,1H3,(H,28,31)(H,33,35)(H3,27,30,32,34);3-4H,1-2H3;1-2H3/b;4-3-;. The van der Waals surface area contributed by atoms with E-state index in [4.69, 9.17) is 5.73 Å². The summed E-state index contributed by atoms with van der Waals surface area (Å²) in [6.45, 7) is 9.85. The number of aromatic nitrogens is 4. The van der Waals surface area contributed by atoms with Crippen LogP contribution in [-0.2, 0) is 0 Å². The SMILES string of the molecule is C/C=C\C.CC.Cc1cc(Nc2ccc(NC(=O)c3ccc(Nc4ccnc5ccccc45)cn3)cc2)nc(N)n1. The van der Waals surface area contributed by atoms with Crippen molar-refractivity contribution in [3.8, 4) is 0 Å². The molecule has 0 unspecified atom stereocenters. The Kier molecular flexibility index (Phi) is 11.3. The molecule has 3 aromatic heterocycles. The van der Waals surface area contributed by atoms with Crippen LogP contribution >= 0.6 is 0 Å². The summed E-state index contributed by atoms with van der Waals surface area (Å²) in [4.78, 5) is 29.6. The number of nitrogens with one attached hydrogen (secondary N) is 3. The minimum atomic E-state index is -0.300. The number of fused-ring (bicyclic) bond motifs is 1. The van der Waals surface area contributed by atoms with Gasteiger partial charge in [0.2, 0.25) is 5.95 Å². The minimum absolute atomic E-state index is 0.208. The molecule has 9 heteroatoms. The highest BCUT2D eigenvalue weighted by Crippen LogP contribution is 2.25. The van der Waals surface area contributed by atoms with E-state index in [0.717, 1.165) is 33.7 Å². The first-order chi connectivity index (χ1) is 19.9. The zero-order chi connectivity index (χ0) is 29.6. The summed E-state index contributed by atoms with van der Waals surface area (Å²) in [6, 6.07) is 22.3. The van der Waals surface area contributed by atoms with Crippen LogP contribution in [0.1, 0.15) is 43.9 Å². The van der Waals surface area contributed by atoms with Gasteiger partial charge in [-0.05, 0) is 69.3 Å². The number of benzene rings is 2. The highest BCUT2D eigenvalue weighted by Gasteiger charge is 2.09. The quantitative estimate of drug-likeness (QED) is 0.159. The number of carbonyl (C=O) groups excluding carboxylic acids is 1. The number of hydrogen-bond donors (Lipinski definition) is 4. The Hall–Kier alpha value is -5.31. The smallest absolute Gasteiger partial charge is 0.274 e. The molecule has 0 saturated heterocycles. The zero-order valence-electron chi connectivity index (χ0n) is 24.0. The second-order valence-electron chi connectivity index (χ2n) is 8.51. The molecule has 1 amide bonds. The van der Waals surface area contributed by atoms with E-state index in [9.17, 15) is 4.79 Å². The van der Waals surface area contributed by atoms with Crippen LogP contribution in [0.15, 0.2) is 97.3 Å². The number of nitrogen functional groups attached to an aromatic ring is 1. The number of pyridine rings is 2. The molecule has 0 bridgehead atoms. The molecule has 0 atom stereocenters. The lowest BCUT2D eigenvalue weighted by atomic mass is 10.2. The second-order valence-corrected chi connectivity index (χ2v) is 8.51. The third-order valence-electron chi connectivity index (χ3n) is 5.54. The molecule has 5 aromatic rings. The van der Waals surface area contributed by atoms with Crippen molar-refractivity contribution in [3.63, 3.8) is 0 Å². The number of carbonyl (C=O) groups is 1. The third-order valence-corrected chi connectivity index (χ3v) is 5.54. The maximum atomic E-state index is 12.7. The zero-order valence-corrected chi connectivity index (χ0v) is 24.0. The predicted molar refractivity (Wildman–Crippen MR) is 170 cm³/mol. The number of nitrogens with two attached hydrogens (primary N) is 1. The summed E-state index contributed by atoms with van der Waals surface area (Å²) in [7, 11) is 0. The molecule has 5 N–H and O–H groups in total. The van der Waals surface area contributed by atoms with Gasteiger partial charge < -0.3 is 21.7 Å². The molecule has 0 saturated carbocycles. The van der Waals surface area contributed by atoms with Crippen LogP contribution in [0.4, 0.5) is 34.5 Å². The van der Waals surface area contributed by atoms with Crippen molar-refractivity contribution >= 4 is 51.3 Å². The summed E-state index contributed by atoms with van der Waals surface area (Å²) in [5.41, 5.74) is 10.8. The van der Waals surface area contributed by atoms with Crippen LogP contribution < -0.4 is 21.7 Å². The number of rotatable bonds is 6. The van der Waals surface area contributed by atoms with Gasteiger partial charge in [-0.3, -0.25) is 9.78 Å². The van der Waals surface area contributed by atoms with Crippen molar-refractivity contribution in [2.75, 3.05) is 21.7 Å². The van der Waals surface area contributed by atoms with Crippen LogP contribution in [0.3, 0.4) is 0 Å². The van der Waals surface area contributed by atoms with Gasteiger partial charge in [-0.25, -0.2) is 9.97 Å². The van der Waals surface area contributed by atoms with E-state index in [2.05, 4.69) is 35.9 Å². The minimum Gasteiger partial charge on any atom is -0.368 e. The maximum Gasteiger partial charge on any atom is 0.274 e. The Morgan fingerprint density at radius 3 is 2.15 bits per heavy atom. The van der Waals surface area contributed by atoms with Gasteiger partial charge in [0, 0.05) is 40.4 Å². The topological polar surface area (TPSA) is 131 Å². The van der Waals surface area contributed by atoms with E-state index in [1.165, 1.54) is 0 Å². The van der Waals surface area contributed by atoms with Crippen molar-refractivity contribution < 1.29 is 4.79 Å². The fourth-order valence-corrected chi connectivity index (χ4v) is 3.60. The molecule has 0 spiro atoms. The average Bonchev–Trinajstić information content (AvgIpc) is 2.99. The number of para-hydroxylation sites is 1. The summed E-state index contributed by atoms with van der Waals surface area (Å²) in [5.74, 6) is 0.509. The molecule has 9 nitrogen and oxygen atoms in total. The predicted octanol–water partition coefficient (Wildman–Crippen LogP) is 7.66. The molecule has 3 heterocycles. The molecule has 0 aliphatic rings. The van der Waals surface area contributed by atoms with Gasteiger partial charge in [0.1, 0.15) is 11.5 Å². The van der Waals surface area contributed by atoms with E-state index in [-0.39, 0.29) is 11.9 Å². The van der Waals surface area contributed by atoms with E-state index in [1.54, 1.807) is 36.7 Å². The monoisotopic (exact) mass is 548 g/mol. The first kappa shape index (κ1) is 30.2. The number of aryl methyl sites for hydroxylation is 1. The fourth-order valence-electron chi connectivity index (χ4n) is 3.60. The van der Waals surface area contributed by atoms with Crippen LogP contribution in [-0.4, -0.2) is 25.8 Å². The molecule has 0 fully saturated rings. The van der Waals surface area contributed by atoms with Gasteiger partial charge >= 0.3 is 0 Å². The third kappa shape index (κ3) is 8.86. The summed E-state index contributed by atoms with van der Waals surface area (Å²) in [5, 5.41) is 10.4. The van der Waals surface area contributed by atoms with E-state index >= 15 is 0 Å². The highest BCUT2D eigenvalue weighted by molar-refractivity contribution is 6.03. The Labute approximate surface area is 241 Å². The van der Waals surface area contributed by atoms with Gasteiger partial charge in [0.15, 0.2) is 0 Å². The summed E-state index contributed by atoms with van der Waals surface area (Å²) in [6.07, 6.45) is 7.39. The molecular formula is C32H36N8O. The molecule has 5 rings (SSSR count). The maximum absolute atomic E-state index is 12.7. The largest absolute Gasteiger partial charge is 0.368 e.